The fourth-order valence-corrected chi connectivity index (χ4v) is 4.73. The number of fused-ring (bicyclic) bond motifs is 2. The molecule has 3 heterocycles. The highest BCUT2D eigenvalue weighted by Gasteiger charge is 2.40. The van der Waals surface area contributed by atoms with Gasteiger partial charge in [0.15, 0.2) is 0 Å². The van der Waals surface area contributed by atoms with Gasteiger partial charge in [0.25, 0.3) is 5.91 Å². The normalized spacial score (nSPS) is 23.0. The van der Waals surface area contributed by atoms with E-state index in [-0.39, 0.29) is 30.2 Å². The summed E-state index contributed by atoms with van der Waals surface area (Å²) in [5.41, 5.74) is 4.83. The zero-order chi connectivity index (χ0) is 20.8. The molecule has 2 N–H and O–H groups in total. The monoisotopic (exact) mass is 404 g/mol. The number of carbonyl (C=O) groups excluding carboxylic acids is 3. The minimum absolute atomic E-state index is 0.119. The van der Waals surface area contributed by atoms with Crippen LogP contribution in [0.5, 0.6) is 0 Å². The van der Waals surface area contributed by atoms with E-state index in [0.29, 0.717) is 25.1 Å². The zero-order valence-corrected chi connectivity index (χ0v) is 16.9. The molecular weight excluding hydrogens is 380 g/mol. The minimum Gasteiger partial charge on any atom is -0.381 e. The quantitative estimate of drug-likeness (QED) is 0.767. The van der Waals surface area contributed by atoms with E-state index < -0.39 is 6.04 Å². The first-order chi connectivity index (χ1) is 14.5. The van der Waals surface area contributed by atoms with Gasteiger partial charge in [-0.25, -0.2) is 0 Å². The molecule has 0 spiro atoms. The summed E-state index contributed by atoms with van der Waals surface area (Å²) in [4.78, 5) is 41.1. The van der Waals surface area contributed by atoms with Gasteiger partial charge < -0.3 is 15.1 Å². The van der Waals surface area contributed by atoms with Crippen molar-refractivity contribution in [2.45, 2.75) is 44.9 Å². The van der Waals surface area contributed by atoms with Gasteiger partial charge in [-0.2, -0.15) is 0 Å². The van der Waals surface area contributed by atoms with Crippen LogP contribution in [0.25, 0.3) is 0 Å². The Kier molecular flexibility index (Phi) is 4.46. The molecule has 1 saturated heterocycles. The fourth-order valence-electron chi connectivity index (χ4n) is 4.73. The molecule has 0 aromatic heterocycles. The highest BCUT2D eigenvalue weighted by molar-refractivity contribution is 6.06. The predicted molar refractivity (Wildman–Crippen MR) is 113 cm³/mol. The van der Waals surface area contributed by atoms with E-state index in [1.54, 1.807) is 4.90 Å². The van der Waals surface area contributed by atoms with Crippen molar-refractivity contribution in [3.05, 3.63) is 59.2 Å². The Bertz CT molecular complexity index is 1050. The number of imide groups is 1. The molecule has 2 unspecified atom stereocenters. The van der Waals surface area contributed by atoms with Crippen LogP contribution in [0.15, 0.2) is 42.5 Å². The first kappa shape index (κ1) is 18.7. The second-order valence-electron chi connectivity index (χ2n) is 8.23. The third-order valence-electron chi connectivity index (χ3n) is 6.31. The van der Waals surface area contributed by atoms with Gasteiger partial charge in [-0.15, -0.1) is 0 Å². The van der Waals surface area contributed by atoms with Crippen molar-refractivity contribution in [1.82, 2.24) is 10.2 Å². The molecule has 0 aliphatic carbocycles. The number of para-hydroxylation sites is 2. The maximum atomic E-state index is 13.3. The van der Waals surface area contributed by atoms with Crippen LogP contribution in [0.1, 0.15) is 41.3 Å². The molecule has 3 aliphatic heterocycles. The van der Waals surface area contributed by atoms with Gasteiger partial charge in [-0.3, -0.25) is 19.7 Å². The third-order valence-corrected chi connectivity index (χ3v) is 6.31. The van der Waals surface area contributed by atoms with Gasteiger partial charge in [-0.1, -0.05) is 30.3 Å². The van der Waals surface area contributed by atoms with E-state index >= 15 is 0 Å². The second-order valence-corrected chi connectivity index (χ2v) is 8.23. The SMILES string of the molecule is CC1CNc2ccccc2N1Cc1cccc2c1C(=O)N(C1CCC(=O)NC1=O)C2. The summed E-state index contributed by atoms with van der Waals surface area (Å²) in [6.45, 7) is 4.03. The number of benzene rings is 2. The van der Waals surface area contributed by atoms with Crippen LogP contribution < -0.4 is 15.5 Å². The van der Waals surface area contributed by atoms with Crippen molar-refractivity contribution >= 4 is 29.1 Å². The van der Waals surface area contributed by atoms with Crippen LogP contribution in [0.4, 0.5) is 11.4 Å². The lowest BCUT2D eigenvalue weighted by atomic mass is 10.0. The van der Waals surface area contributed by atoms with Gasteiger partial charge in [0.1, 0.15) is 6.04 Å². The number of amides is 3. The molecule has 2 aromatic carbocycles. The van der Waals surface area contributed by atoms with Crippen LogP contribution in [-0.4, -0.2) is 41.2 Å². The van der Waals surface area contributed by atoms with Crippen LogP contribution in [0.2, 0.25) is 0 Å². The molecule has 7 nitrogen and oxygen atoms in total. The summed E-state index contributed by atoms with van der Waals surface area (Å²) in [6.07, 6.45) is 0.639. The van der Waals surface area contributed by atoms with E-state index in [9.17, 15) is 14.4 Å². The molecule has 30 heavy (non-hydrogen) atoms. The number of rotatable bonds is 3. The zero-order valence-electron chi connectivity index (χ0n) is 16.9. The van der Waals surface area contributed by atoms with Crippen molar-refractivity contribution in [3.63, 3.8) is 0 Å². The first-order valence-corrected chi connectivity index (χ1v) is 10.4. The van der Waals surface area contributed by atoms with Gasteiger partial charge in [0.2, 0.25) is 11.8 Å². The summed E-state index contributed by atoms with van der Waals surface area (Å²) in [7, 11) is 0. The molecule has 0 bridgehead atoms. The van der Waals surface area contributed by atoms with Crippen LogP contribution in [-0.2, 0) is 22.7 Å². The van der Waals surface area contributed by atoms with Crippen molar-refractivity contribution in [1.29, 1.82) is 0 Å². The second kappa shape index (κ2) is 7.16. The highest BCUT2D eigenvalue weighted by atomic mass is 16.2. The first-order valence-electron chi connectivity index (χ1n) is 10.4. The van der Waals surface area contributed by atoms with E-state index in [2.05, 4.69) is 34.6 Å². The average Bonchev–Trinajstić information content (AvgIpc) is 3.07. The molecule has 1 fully saturated rings. The van der Waals surface area contributed by atoms with Crippen molar-refractivity contribution in [2.24, 2.45) is 0 Å². The molecular formula is C23H24N4O3. The topological polar surface area (TPSA) is 81.8 Å². The Morgan fingerprint density at radius 1 is 1.07 bits per heavy atom. The third kappa shape index (κ3) is 3.01. The van der Waals surface area contributed by atoms with Gasteiger partial charge in [0, 0.05) is 37.7 Å². The lowest BCUT2D eigenvalue weighted by Gasteiger charge is -2.38. The Labute approximate surface area is 175 Å². The summed E-state index contributed by atoms with van der Waals surface area (Å²) in [6, 6.07) is 13.8. The Balaban J connectivity index is 1.45. The molecule has 0 radical (unpaired) electrons. The number of nitrogens with zero attached hydrogens (tertiary/aromatic N) is 2. The number of hydrogen-bond donors (Lipinski definition) is 2. The molecule has 2 atom stereocenters. The van der Waals surface area contributed by atoms with Crippen LogP contribution >= 0.6 is 0 Å². The smallest absolute Gasteiger partial charge is 0.255 e. The Hall–Kier alpha value is -3.35. The predicted octanol–water partition coefficient (Wildman–Crippen LogP) is 2.27. The average molecular weight is 404 g/mol. The fraction of sp³-hybridized carbons (Fsp3) is 0.348. The van der Waals surface area contributed by atoms with E-state index in [1.807, 2.05) is 30.3 Å². The molecule has 154 valence electrons. The number of hydrogen-bond acceptors (Lipinski definition) is 5. The van der Waals surface area contributed by atoms with Gasteiger partial charge in [0.05, 0.1) is 11.4 Å². The number of anilines is 2. The van der Waals surface area contributed by atoms with E-state index in [1.165, 1.54) is 0 Å². The maximum absolute atomic E-state index is 13.3. The van der Waals surface area contributed by atoms with Crippen LogP contribution in [0.3, 0.4) is 0 Å². The summed E-state index contributed by atoms with van der Waals surface area (Å²) < 4.78 is 0. The minimum atomic E-state index is -0.589. The lowest BCUT2D eigenvalue weighted by Crippen LogP contribution is -2.52. The molecule has 2 aromatic rings. The van der Waals surface area contributed by atoms with Gasteiger partial charge >= 0.3 is 0 Å². The molecule has 0 saturated carbocycles. The molecule has 3 amide bonds. The Morgan fingerprint density at radius 3 is 2.73 bits per heavy atom. The van der Waals surface area contributed by atoms with Crippen molar-refractivity contribution in [3.8, 4) is 0 Å². The summed E-state index contributed by atoms with van der Waals surface area (Å²) in [5.74, 6) is -0.766. The molecule has 3 aliphatic rings. The van der Waals surface area contributed by atoms with Crippen LogP contribution in [0, 0.1) is 0 Å². The maximum Gasteiger partial charge on any atom is 0.255 e. The summed E-state index contributed by atoms with van der Waals surface area (Å²) in [5, 5.41) is 5.82. The number of nitrogens with one attached hydrogen (secondary N) is 2. The van der Waals surface area contributed by atoms with E-state index in [4.69, 9.17) is 0 Å². The van der Waals surface area contributed by atoms with Crippen molar-refractivity contribution in [2.75, 3.05) is 16.8 Å². The number of carbonyl (C=O) groups is 3. The van der Waals surface area contributed by atoms with E-state index in [0.717, 1.165) is 29.0 Å². The van der Waals surface area contributed by atoms with Crippen molar-refractivity contribution < 1.29 is 14.4 Å². The molecule has 5 rings (SSSR count). The number of piperidine rings is 1. The van der Waals surface area contributed by atoms with Gasteiger partial charge in [-0.05, 0) is 36.6 Å². The standard InChI is InChI=1S/C23H24N4O3/c1-14-11-24-17-7-2-3-8-18(17)26(14)12-15-5-4-6-16-13-27(23(30)21(15)16)19-9-10-20(28)25-22(19)29/h2-8,14,19,24H,9-13H2,1H3,(H,25,28,29). The Morgan fingerprint density at radius 2 is 1.90 bits per heavy atom. The highest BCUT2D eigenvalue weighted by Crippen LogP contribution is 2.35. The molecule has 7 heteroatoms. The largest absolute Gasteiger partial charge is 0.381 e. The summed E-state index contributed by atoms with van der Waals surface area (Å²) >= 11 is 0. The lowest BCUT2D eigenvalue weighted by molar-refractivity contribution is -0.136.